The molecule has 0 radical (unpaired) electrons. The van der Waals surface area contributed by atoms with Crippen molar-refractivity contribution >= 4 is 5.69 Å². The Balaban J connectivity index is 2.52. The first kappa shape index (κ1) is 10.3. The van der Waals surface area contributed by atoms with E-state index >= 15 is 0 Å². The molecule has 82 valence electrons. The molecule has 1 aromatic rings. The third-order valence-electron chi connectivity index (χ3n) is 2.92. The first-order valence-electron chi connectivity index (χ1n) is 5.31. The Morgan fingerprint density at radius 1 is 1.27 bits per heavy atom. The van der Waals surface area contributed by atoms with E-state index in [0.717, 1.165) is 25.3 Å². The summed E-state index contributed by atoms with van der Waals surface area (Å²) in [6.45, 7) is 1.99. The van der Waals surface area contributed by atoms with Gasteiger partial charge in [0.05, 0.1) is 7.11 Å². The van der Waals surface area contributed by atoms with Crippen LogP contribution < -0.4 is 15.0 Å². The summed E-state index contributed by atoms with van der Waals surface area (Å²) in [5, 5.41) is 3.41. The molecule has 1 N–H and O–H groups in total. The molecule has 0 saturated carbocycles. The predicted octanol–water partition coefficient (Wildman–Crippen LogP) is 1.41. The Labute approximate surface area is 91.0 Å². The largest absolute Gasteiger partial charge is 0.496 e. The highest BCUT2D eigenvalue weighted by Crippen LogP contribution is 2.32. The van der Waals surface area contributed by atoms with Crippen LogP contribution in [-0.2, 0) is 13.0 Å². The van der Waals surface area contributed by atoms with Crippen LogP contribution in [0.15, 0.2) is 12.1 Å². The van der Waals surface area contributed by atoms with Crippen molar-refractivity contribution in [2.45, 2.75) is 13.0 Å². The summed E-state index contributed by atoms with van der Waals surface area (Å²) in [5.41, 5.74) is 4.03. The molecule has 0 aliphatic carbocycles. The molecule has 1 aromatic carbocycles. The SMILES string of the molecule is COc1ccc(N(C)C)c2c1CCNC2. The average Bonchev–Trinajstić information content (AvgIpc) is 2.27. The van der Waals surface area contributed by atoms with Crippen molar-refractivity contribution in [2.75, 3.05) is 32.6 Å². The van der Waals surface area contributed by atoms with E-state index in [2.05, 4.69) is 36.4 Å². The maximum Gasteiger partial charge on any atom is 0.122 e. The molecule has 0 unspecified atom stereocenters. The number of nitrogens with one attached hydrogen (secondary N) is 1. The molecular weight excluding hydrogens is 188 g/mol. The highest BCUT2D eigenvalue weighted by Gasteiger charge is 2.17. The number of anilines is 1. The minimum atomic E-state index is 0.944. The zero-order chi connectivity index (χ0) is 10.8. The van der Waals surface area contributed by atoms with E-state index in [4.69, 9.17) is 4.74 Å². The molecule has 0 atom stereocenters. The number of hydrogen-bond donors (Lipinski definition) is 1. The molecular formula is C12H18N2O. The van der Waals surface area contributed by atoms with E-state index in [1.807, 2.05) is 0 Å². The van der Waals surface area contributed by atoms with Crippen LogP contribution in [0.2, 0.25) is 0 Å². The third kappa shape index (κ3) is 1.79. The first-order chi connectivity index (χ1) is 7.24. The lowest BCUT2D eigenvalue weighted by Crippen LogP contribution is -2.26. The molecule has 1 aliphatic heterocycles. The van der Waals surface area contributed by atoms with Gasteiger partial charge in [-0.25, -0.2) is 0 Å². The van der Waals surface area contributed by atoms with E-state index in [9.17, 15) is 0 Å². The van der Waals surface area contributed by atoms with Crippen molar-refractivity contribution in [3.05, 3.63) is 23.3 Å². The number of hydrogen-bond acceptors (Lipinski definition) is 3. The molecule has 1 heterocycles. The Morgan fingerprint density at radius 2 is 2.07 bits per heavy atom. The van der Waals surface area contributed by atoms with Crippen LogP contribution in [-0.4, -0.2) is 27.7 Å². The van der Waals surface area contributed by atoms with Gasteiger partial charge in [0, 0.05) is 31.9 Å². The lowest BCUT2D eigenvalue weighted by molar-refractivity contribution is 0.406. The van der Waals surface area contributed by atoms with E-state index in [-0.39, 0.29) is 0 Å². The van der Waals surface area contributed by atoms with Crippen molar-refractivity contribution in [2.24, 2.45) is 0 Å². The summed E-state index contributed by atoms with van der Waals surface area (Å²) < 4.78 is 5.40. The van der Waals surface area contributed by atoms with E-state index in [0.29, 0.717) is 0 Å². The molecule has 0 bridgehead atoms. The average molecular weight is 206 g/mol. The molecule has 2 rings (SSSR count). The summed E-state index contributed by atoms with van der Waals surface area (Å²) >= 11 is 0. The van der Waals surface area contributed by atoms with Crippen LogP contribution in [0, 0.1) is 0 Å². The van der Waals surface area contributed by atoms with Gasteiger partial charge in [-0.1, -0.05) is 0 Å². The Morgan fingerprint density at radius 3 is 2.73 bits per heavy atom. The minimum absolute atomic E-state index is 0.944. The number of benzene rings is 1. The summed E-state index contributed by atoms with van der Waals surface area (Å²) in [6, 6.07) is 4.20. The fourth-order valence-corrected chi connectivity index (χ4v) is 2.17. The molecule has 0 fully saturated rings. The van der Waals surface area contributed by atoms with Gasteiger partial charge in [0.2, 0.25) is 0 Å². The first-order valence-corrected chi connectivity index (χ1v) is 5.31. The quantitative estimate of drug-likeness (QED) is 0.791. The van der Waals surface area contributed by atoms with Gasteiger partial charge in [0.25, 0.3) is 0 Å². The number of nitrogens with zero attached hydrogens (tertiary/aromatic N) is 1. The van der Waals surface area contributed by atoms with Gasteiger partial charge in [-0.2, -0.15) is 0 Å². The van der Waals surface area contributed by atoms with E-state index in [1.54, 1.807) is 7.11 Å². The maximum absolute atomic E-state index is 5.40. The molecule has 3 heteroatoms. The van der Waals surface area contributed by atoms with Gasteiger partial charge in [-0.3, -0.25) is 0 Å². The number of methoxy groups -OCH3 is 1. The van der Waals surface area contributed by atoms with Crippen molar-refractivity contribution in [3.8, 4) is 5.75 Å². The Hall–Kier alpha value is -1.22. The molecule has 15 heavy (non-hydrogen) atoms. The van der Waals surface area contributed by atoms with E-state index < -0.39 is 0 Å². The van der Waals surface area contributed by atoms with Gasteiger partial charge >= 0.3 is 0 Å². The van der Waals surface area contributed by atoms with Crippen molar-refractivity contribution in [3.63, 3.8) is 0 Å². The normalized spacial score (nSPS) is 14.6. The van der Waals surface area contributed by atoms with Gasteiger partial charge in [0.1, 0.15) is 5.75 Å². The van der Waals surface area contributed by atoms with Crippen molar-refractivity contribution in [1.29, 1.82) is 0 Å². The second kappa shape index (κ2) is 4.11. The summed E-state index contributed by atoms with van der Waals surface area (Å²) in [4.78, 5) is 2.16. The number of fused-ring (bicyclic) bond motifs is 1. The lowest BCUT2D eigenvalue weighted by Gasteiger charge is -2.26. The Kier molecular flexibility index (Phi) is 2.82. The van der Waals surface area contributed by atoms with Gasteiger partial charge in [-0.05, 0) is 30.7 Å². The van der Waals surface area contributed by atoms with Gasteiger partial charge in [0.15, 0.2) is 0 Å². The topological polar surface area (TPSA) is 24.5 Å². The van der Waals surface area contributed by atoms with Crippen molar-refractivity contribution < 1.29 is 4.74 Å². The monoisotopic (exact) mass is 206 g/mol. The lowest BCUT2D eigenvalue weighted by atomic mass is 9.97. The van der Waals surface area contributed by atoms with Crippen molar-refractivity contribution in [1.82, 2.24) is 5.32 Å². The van der Waals surface area contributed by atoms with Crippen LogP contribution >= 0.6 is 0 Å². The van der Waals surface area contributed by atoms with E-state index in [1.165, 1.54) is 16.8 Å². The molecule has 3 nitrogen and oxygen atoms in total. The smallest absolute Gasteiger partial charge is 0.122 e. The zero-order valence-electron chi connectivity index (χ0n) is 9.63. The fourth-order valence-electron chi connectivity index (χ4n) is 2.17. The summed E-state index contributed by atoms with van der Waals surface area (Å²) in [5.74, 6) is 1.03. The highest BCUT2D eigenvalue weighted by atomic mass is 16.5. The summed E-state index contributed by atoms with van der Waals surface area (Å²) in [7, 11) is 5.90. The highest BCUT2D eigenvalue weighted by molar-refractivity contribution is 5.60. The number of ether oxygens (including phenoxy) is 1. The van der Waals surface area contributed by atoms with Crippen LogP contribution in [0.1, 0.15) is 11.1 Å². The fraction of sp³-hybridized carbons (Fsp3) is 0.500. The second-order valence-electron chi connectivity index (χ2n) is 4.07. The summed E-state index contributed by atoms with van der Waals surface area (Å²) in [6.07, 6.45) is 1.06. The standard InChI is InChI=1S/C12H18N2O/c1-14(2)11-4-5-12(15-3)9-6-7-13-8-10(9)11/h4-5,13H,6-8H2,1-3H3. The molecule has 0 saturated heterocycles. The van der Waals surface area contributed by atoms with Crippen LogP contribution in [0.5, 0.6) is 5.75 Å². The second-order valence-corrected chi connectivity index (χ2v) is 4.07. The zero-order valence-corrected chi connectivity index (χ0v) is 9.63. The minimum Gasteiger partial charge on any atom is -0.496 e. The maximum atomic E-state index is 5.40. The third-order valence-corrected chi connectivity index (χ3v) is 2.92. The Bertz CT molecular complexity index is 361. The molecule has 0 aromatic heterocycles. The van der Waals surface area contributed by atoms with Crippen LogP contribution in [0.4, 0.5) is 5.69 Å². The van der Waals surface area contributed by atoms with Gasteiger partial charge in [-0.15, -0.1) is 0 Å². The predicted molar refractivity (Wildman–Crippen MR) is 62.7 cm³/mol. The molecule has 1 aliphatic rings. The molecule has 0 spiro atoms. The van der Waals surface area contributed by atoms with Crippen LogP contribution in [0.3, 0.4) is 0 Å². The van der Waals surface area contributed by atoms with Gasteiger partial charge < -0.3 is 15.0 Å². The number of rotatable bonds is 2. The van der Waals surface area contributed by atoms with Crippen LogP contribution in [0.25, 0.3) is 0 Å². The molecule has 0 amide bonds.